The van der Waals surface area contributed by atoms with Crippen LogP contribution in [0.3, 0.4) is 0 Å². The molecule has 1 saturated heterocycles. The van der Waals surface area contributed by atoms with Crippen LogP contribution in [-0.4, -0.2) is 12.5 Å². The zero-order chi connectivity index (χ0) is 15.4. The number of terminal acetylenes is 1. The number of anilines is 1. The highest BCUT2D eigenvalue weighted by Crippen LogP contribution is 2.27. The van der Waals surface area contributed by atoms with Crippen molar-refractivity contribution in [1.29, 1.82) is 0 Å². The van der Waals surface area contributed by atoms with E-state index in [2.05, 4.69) is 16.1 Å². The van der Waals surface area contributed by atoms with E-state index in [9.17, 15) is 4.79 Å². The molecule has 0 aliphatic carbocycles. The minimum atomic E-state index is 0.00458. The fourth-order valence-corrected chi connectivity index (χ4v) is 2.38. The molecule has 1 fully saturated rings. The number of benzene rings is 2. The summed E-state index contributed by atoms with van der Waals surface area (Å²) in [5, 5.41) is 8.35. The number of azo groups is 1. The van der Waals surface area contributed by atoms with E-state index in [1.54, 1.807) is 4.90 Å². The van der Waals surface area contributed by atoms with Gasteiger partial charge in [-0.25, -0.2) is 0 Å². The number of nitrogens with zero attached hydrogens (tertiary/aromatic N) is 3. The maximum atomic E-state index is 11.9. The Hall–Kier alpha value is -2.93. The molecule has 2 aromatic rings. The van der Waals surface area contributed by atoms with Crippen molar-refractivity contribution in [3.8, 4) is 12.3 Å². The van der Waals surface area contributed by atoms with Gasteiger partial charge in [-0.2, -0.15) is 10.2 Å². The zero-order valence-electron chi connectivity index (χ0n) is 12.0. The molecule has 0 spiro atoms. The van der Waals surface area contributed by atoms with E-state index in [0.717, 1.165) is 17.1 Å². The van der Waals surface area contributed by atoms with Gasteiger partial charge >= 0.3 is 0 Å². The molecule has 3 rings (SSSR count). The van der Waals surface area contributed by atoms with Crippen LogP contribution in [0.15, 0.2) is 64.8 Å². The van der Waals surface area contributed by atoms with Gasteiger partial charge in [-0.3, -0.25) is 4.79 Å². The lowest BCUT2D eigenvalue weighted by atomic mass is 10.1. The average molecular weight is 289 g/mol. The number of hydrogen-bond donors (Lipinski definition) is 0. The first-order valence-corrected chi connectivity index (χ1v) is 7.09. The van der Waals surface area contributed by atoms with E-state index in [1.807, 2.05) is 54.6 Å². The minimum Gasteiger partial charge on any atom is -0.311 e. The minimum absolute atomic E-state index is 0.00458. The van der Waals surface area contributed by atoms with Crippen LogP contribution in [-0.2, 0) is 4.79 Å². The highest BCUT2D eigenvalue weighted by molar-refractivity contribution is 5.96. The molecule has 0 saturated carbocycles. The summed E-state index contributed by atoms with van der Waals surface area (Å²) in [5.74, 6) is 2.72. The summed E-state index contributed by atoms with van der Waals surface area (Å²) in [5.41, 5.74) is 2.40. The number of hydrogen-bond acceptors (Lipinski definition) is 3. The zero-order valence-corrected chi connectivity index (χ0v) is 12.0. The second-order valence-corrected chi connectivity index (χ2v) is 5.12. The molecular weight excluding hydrogens is 274 g/mol. The molecule has 1 aliphatic rings. The van der Waals surface area contributed by atoms with Crippen LogP contribution in [0.1, 0.15) is 6.42 Å². The molecule has 0 aromatic heterocycles. The van der Waals surface area contributed by atoms with Crippen LogP contribution in [0.4, 0.5) is 17.1 Å². The van der Waals surface area contributed by atoms with Crippen molar-refractivity contribution < 1.29 is 4.79 Å². The third kappa shape index (κ3) is 3.04. The fraction of sp³-hybridized carbons (Fsp3) is 0.167. The van der Waals surface area contributed by atoms with Gasteiger partial charge in [0.05, 0.1) is 11.4 Å². The third-order valence-electron chi connectivity index (χ3n) is 3.56. The van der Waals surface area contributed by atoms with Gasteiger partial charge in [0.25, 0.3) is 0 Å². The van der Waals surface area contributed by atoms with Gasteiger partial charge in [0.1, 0.15) is 0 Å². The maximum Gasteiger partial charge on any atom is 0.228 e. The van der Waals surface area contributed by atoms with Crippen LogP contribution in [0.25, 0.3) is 0 Å². The second kappa shape index (κ2) is 6.23. The largest absolute Gasteiger partial charge is 0.311 e. The number of amides is 1. The van der Waals surface area contributed by atoms with Gasteiger partial charge in [-0.15, -0.1) is 12.3 Å². The third-order valence-corrected chi connectivity index (χ3v) is 3.56. The van der Waals surface area contributed by atoms with Gasteiger partial charge < -0.3 is 4.90 Å². The molecule has 22 heavy (non-hydrogen) atoms. The Morgan fingerprint density at radius 1 is 1.00 bits per heavy atom. The van der Waals surface area contributed by atoms with E-state index < -0.39 is 0 Å². The van der Waals surface area contributed by atoms with Crippen LogP contribution >= 0.6 is 0 Å². The van der Waals surface area contributed by atoms with Gasteiger partial charge in [-0.1, -0.05) is 18.2 Å². The molecule has 1 amide bonds. The number of carbonyl (C=O) groups is 1. The highest BCUT2D eigenvalue weighted by atomic mass is 16.2. The fourth-order valence-electron chi connectivity index (χ4n) is 2.38. The molecular formula is C18H15N3O. The van der Waals surface area contributed by atoms with Crippen molar-refractivity contribution >= 4 is 23.0 Å². The van der Waals surface area contributed by atoms with E-state index in [-0.39, 0.29) is 11.8 Å². The monoisotopic (exact) mass is 289 g/mol. The second-order valence-electron chi connectivity index (χ2n) is 5.12. The molecule has 2 aromatic carbocycles. The van der Waals surface area contributed by atoms with E-state index in [0.29, 0.717) is 13.0 Å². The molecule has 0 bridgehead atoms. The van der Waals surface area contributed by atoms with Crippen LogP contribution in [0, 0.1) is 18.3 Å². The van der Waals surface area contributed by atoms with Crippen LogP contribution < -0.4 is 4.90 Å². The molecule has 0 radical (unpaired) electrons. The first kappa shape index (κ1) is 14.0. The molecule has 0 N–H and O–H groups in total. The maximum absolute atomic E-state index is 11.9. The Balaban J connectivity index is 1.72. The smallest absolute Gasteiger partial charge is 0.228 e. The Labute approximate surface area is 129 Å². The normalized spacial score (nSPS) is 17.9. The summed E-state index contributed by atoms with van der Waals surface area (Å²) in [6.45, 7) is 0.584. The van der Waals surface area contributed by atoms with E-state index >= 15 is 0 Å². The molecule has 4 heteroatoms. The quantitative estimate of drug-likeness (QED) is 0.620. The van der Waals surface area contributed by atoms with Crippen molar-refractivity contribution in [1.82, 2.24) is 0 Å². The Morgan fingerprint density at radius 2 is 1.64 bits per heavy atom. The molecule has 1 unspecified atom stereocenters. The number of carbonyl (C=O) groups excluding carboxylic acids is 1. The summed E-state index contributed by atoms with van der Waals surface area (Å²) in [6, 6.07) is 17.0. The summed E-state index contributed by atoms with van der Waals surface area (Å²) >= 11 is 0. The Kier molecular flexibility index (Phi) is 3.97. The van der Waals surface area contributed by atoms with Gasteiger partial charge in [0.2, 0.25) is 5.91 Å². The highest BCUT2D eigenvalue weighted by Gasteiger charge is 2.29. The van der Waals surface area contributed by atoms with Crippen molar-refractivity contribution in [2.24, 2.45) is 16.1 Å². The van der Waals surface area contributed by atoms with Crippen LogP contribution in [0.2, 0.25) is 0 Å². The molecule has 108 valence electrons. The predicted molar refractivity (Wildman–Crippen MR) is 86.4 cm³/mol. The van der Waals surface area contributed by atoms with Crippen molar-refractivity contribution in [2.75, 3.05) is 11.4 Å². The van der Waals surface area contributed by atoms with Gasteiger partial charge in [0.15, 0.2) is 0 Å². The standard InChI is InChI=1S/C18H15N3O/c1-2-14-12-18(22)21(13-14)17-10-8-16(9-11-17)20-19-15-6-4-3-5-7-15/h1,3-11,14H,12-13H2. The number of rotatable bonds is 3. The van der Waals surface area contributed by atoms with Crippen molar-refractivity contribution in [2.45, 2.75) is 6.42 Å². The topological polar surface area (TPSA) is 45.0 Å². The van der Waals surface area contributed by atoms with Crippen LogP contribution in [0.5, 0.6) is 0 Å². The summed E-state index contributed by atoms with van der Waals surface area (Å²) in [7, 11) is 0. The van der Waals surface area contributed by atoms with Gasteiger partial charge in [-0.05, 0) is 36.4 Å². The average Bonchev–Trinajstić information content (AvgIpc) is 2.95. The lowest BCUT2D eigenvalue weighted by Gasteiger charge is -2.15. The van der Waals surface area contributed by atoms with E-state index in [4.69, 9.17) is 6.42 Å². The molecule has 4 nitrogen and oxygen atoms in total. The Morgan fingerprint density at radius 3 is 2.23 bits per heavy atom. The molecule has 1 heterocycles. The predicted octanol–water partition coefficient (Wildman–Crippen LogP) is 4.09. The summed E-state index contributed by atoms with van der Waals surface area (Å²) in [6.07, 6.45) is 5.82. The van der Waals surface area contributed by atoms with E-state index in [1.165, 1.54) is 0 Å². The first-order chi connectivity index (χ1) is 10.8. The summed E-state index contributed by atoms with van der Waals surface area (Å²) in [4.78, 5) is 13.7. The lowest BCUT2D eigenvalue weighted by molar-refractivity contribution is -0.117. The van der Waals surface area contributed by atoms with Crippen molar-refractivity contribution in [3.63, 3.8) is 0 Å². The van der Waals surface area contributed by atoms with Crippen molar-refractivity contribution in [3.05, 3.63) is 54.6 Å². The van der Waals surface area contributed by atoms with Gasteiger partial charge in [0, 0.05) is 24.6 Å². The molecule has 1 aliphatic heterocycles. The SMILES string of the molecule is C#CC1CC(=O)N(c2ccc(N=Nc3ccccc3)cc2)C1. The first-order valence-electron chi connectivity index (χ1n) is 7.09. The molecule has 1 atom stereocenters. The summed E-state index contributed by atoms with van der Waals surface area (Å²) < 4.78 is 0. The lowest BCUT2D eigenvalue weighted by Crippen LogP contribution is -2.24. The Bertz CT molecular complexity index is 729.